The van der Waals surface area contributed by atoms with Crippen LogP contribution in [0.25, 0.3) is 0 Å². The van der Waals surface area contributed by atoms with Gasteiger partial charge in [-0.3, -0.25) is 28.8 Å². The molecule has 0 saturated carbocycles. The molecule has 0 radical (unpaired) electrons. The highest BCUT2D eigenvalue weighted by molar-refractivity contribution is 5.79. The molecule has 0 saturated heterocycles. The van der Waals surface area contributed by atoms with Gasteiger partial charge in [-0.1, -0.05) is 26.7 Å². The SMILES string of the molecule is C[C@@H](CCCCNC(=O)CCOCCOCCOCCOCCNC(=O)CCCC(=O)NCCOCCOCCOCCOCCC(=O)NCCCC[C@H](C)C(N)=O)C(N)=O.[HH]. The van der Waals surface area contributed by atoms with Gasteiger partial charge in [0.05, 0.1) is 106 Å². The number of unbranched alkanes of at least 4 members (excludes halogenated alkanes) is 2. The summed E-state index contributed by atoms with van der Waals surface area (Å²) in [5, 5.41) is 11.2. The highest BCUT2D eigenvalue weighted by Gasteiger charge is 2.10. The lowest BCUT2D eigenvalue weighted by Crippen LogP contribution is -2.29. The smallest absolute Gasteiger partial charge is 0.222 e. The molecule has 0 aliphatic carbocycles. The lowest BCUT2D eigenvalue weighted by Gasteiger charge is -2.09. The molecule has 0 unspecified atom stereocenters. The van der Waals surface area contributed by atoms with Crippen LogP contribution in [0.2, 0.25) is 0 Å². The number of hydrogen-bond donors (Lipinski definition) is 6. The van der Waals surface area contributed by atoms with Gasteiger partial charge in [0.25, 0.3) is 0 Å². The molecule has 0 rings (SSSR count). The third-order valence-corrected chi connectivity index (χ3v) is 8.87. The number of primary amides is 2. The van der Waals surface area contributed by atoms with Gasteiger partial charge in [-0.15, -0.1) is 0 Å². The van der Waals surface area contributed by atoms with Gasteiger partial charge >= 0.3 is 0 Å². The quantitative estimate of drug-likeness (QED) is 0.0451. The third kappa shape index (κ3) is 43.0. The minimum absolute atomic E-state index is 0. The van der Waals surface area contributed by atoms with Crippen LogP contribution >= 0.6 is 0 Å². The maximum atomic E-state index is 12.0. The first-order valence-electron chi connectivity index (χ1n) is 21.8. The molecule has 61 heavy (non-hydrogen) atoms. The topological polar surface area (TPSA) is 276 Å². The number of ether oxygens (including phenoxy) is 8. The molecule has 0 aromatic heterocycles. The summed E-state index contributed by atoms with van der Waals surface area (Å²) in [7, 11) is 0. The van der Waals surface area contributed by atoms with E-state index in [0.29, 0.717) is 138 Å². The van der Waals surface area contributed by atoms with E-state index in [0.717, 1.165) is 38.5 Å². The Morgan fingerprint density at radius 2 is 0.623 bits per heavy atom. The number of nitrogens with two attached hydrogens (primary N) is 2. The molecule has 358 valence electrons. The van der Waals surface area contributed by atoms with Gasteiger partial charge < -0.3 is 70.6 Å². The highest BCUT2D eigenvalue weighted by atomic mass is 16.6. The second kappa shape index (κ2) is 43.2. The number of hydrogen-bond acceptors (Lipinski definition) is 14. The molecule has 0 spiro atoms. The number of nitrogens with one attached hydrogen (secondary N) is 4. The lowest BCUT2D eigenvalue weighted by atomic mass is 10.0. The Hall–Kier alpha value is -3.50. The highest BCUT2D eigenvalue weighted by Crippen LogP contribution is 2.07. The van der Waals surface area contributed by atoms with Gasteiger partial charge in [-0.25, -0.2) is 0 Å². The minimum atomic E-state index is -0.299. The predicted octanol–water partition coefficient (Wildman–Crippen LogP) is 0.364. The van der Waals surface area contributed by atoms with Gasteiger partial charge in [0.2, 0.25) is 35.4 Å². The standard InChI is InChI=1S/C41H78N6O14.H2/c1-34(40(42)52)8-3-5-14-44-38(50)12-18-54-22-26-58-30-32-60-28-24-56-20-16-46-36(48)10-7-11-37(49)47-17-21-57-25-29-61-33-31-59-27-23-55-19-13-39(51)45-15-6-4-9-35(2)41(43)53;/h34-35H,3-33H2,1-2H3,(H2,42,52)(H2,43,53)(H,44,50)(H,45,51)(H,46,48)(H,47,49);1H/t34-,35-;/m0./s1. The van der Waals surface area contributed by atoms with E-state index in [1.807, 2.05) is 0 Å². The summed E-state index contributed by atoms with van der Waals surface area (Å²) in [5.41, 5.74) is 10.5. The summed E-state index contributed by atoms with van der Waals surface area (Å²) < 4.78 is 43.5. The third-order valence-electron chi connectivity index (χ3n) is 8.87. The average Bonchev–Trinajstić information content (AvgIpc) is 3.23. The zero-order valence-electron chi connectivity index (χ0n) is 36.9. The van der Waals surface area contributed by atoms with E-state index < -0.39 is 0 Å². The Bertz CT molecular complexity index is 1060. The van der Waals surface area contributed by atoms with E-state index in [1.165, 1.54) is 0 Å². The van der Waals surface area contributed by atoms with E-state index in [2.05, 4.69) is 21.3 Å². The minimum Gasteiger partial charge on any atom is -0.379 e. The summed E-state index contributed by atoms with van der Waals surface area (Å²) in [6.07, 6.45) is 6.16. The van der Waals surface area contributed by atoms with E-state index in [-0.39, 0.29) is 74.4 Å². The van der Waals surface area contributed by atoms with Crippen LogP contribution in [0.4, 0.5) is 0 Å². The van der Waals surface area contributed by atoms with Crippen molar-refractivity contribution in [2.75, 3.05) is 132 Å². The maximum Gasteiger partial charge on any atom is 0.222 e. The predicted molar refractivity (Wildman–Crippen MR) is 228 cm³/mol. The monoisotopic (exact) mass is 881 g/mol. The first kappa shape index (κ1) is 57.5. The van der Waals surface area contributed by atoms with Gasteiger partial charge in [0, 0.05) is 65.1 Å². The zero-order valence-corrected chi connectivity index (χ0v) is 36.9. The second-order valence-corrected chi connectivity index (χ2v) is 14.3. The Labute approximate surface area is 364 Å². The molecule has 0 aromatic carbocycles. The molecule has 8 N–H and O–H groups in total. The van der Waals surface area contributed by atoms with Crippen molar-refractivity contribution in [1.29, 1.82) is 0 Å². The number of carbonyl (C=O) groups excluding carboxylic acids is 6. The van der Waals surface area contributed by atoms with E-state index in [4.69, 9.17) is 49.4 Å². The van der Waals surface area contributed by atoms with Crippen molar-refractivity contribution in [3.05, 3.63) is 0 Å². The van der Waals surface area contributed by atoms with Crippen LogP contribution < -0.4 is 32.7 Å². The first-order valence-corrected chi connectivity index (χ1v) is 21.8. The molecule has 20 heteroatoms. The van der Waals surface area contributed by atoms with Crippen LogP contribution in [0, 0.1) is 11.8 Å². The molecule has 0 aromatic rings. The molecule has 6 amide bonds. The zero-order chi connectivity index (χ0) is 45.0. The van der Waals surface area contributed by atoms with Crippen molar-refractivity contribution in [1.82, 2.24) is 21.3 Å². The summed E-state index contributed by atoms with van der Waals surface area (Å²) in [6, 6.07) is 0. The fraction of sp³-hybridized carbons (Fsp3) is 0.854. The van der Waals surface area contributed by atoms with Gasteiger partial charge in [-0.2, -0.15) is 0 Å². The lowest BCUT2D eigenvalue weighted by molar-refractivity contribution is -0.123. The van der Waals surface area contributed by atoms with E-state index >= 15 is 0 Å². The van der Waals surface area contributed by atoms with Crippen molar-refractivity contribution in [2.45, 2.75) is 84.5 Å². The van der Waals surface area contributed by atoms with E-state index in [9.17, 15) is 28.8 Å². The summed E-state index contributed by atoms with van der Waals surface area (Å²) in [5.74, 6) is -1.33. The van der Waals surface area contributed by atoms with Crippen LogP contribution in [0.1, 0.15) is 85.9 Å². The van der Waals surface area contributed by atoms with E-state index in [1.54, 1.807) is 13.8 Å². The molecule has 2 atom stereocenters. The Morgan fingerprint density at radius 1 is 0.361 bits per heavy atom. The Morgan fingerprint density at radius 3 is 0.934 bits per heavy atom. The van der Waals surface area contributed by atoms with Gasteiger partial charge in [0.1, 0.15) is 0 Å². The van der Waals surface area contributed by atoms with Crippen LogP contribution in [0.5, 0.6) is 0 Å². The van der Waals surface area contributed by atoms with Crippen LogP contribution in [0.3, 0.4) is 0 Å². The van der Waals surface area contributed by atoms with Crippen molar-refractivity contribution < 1.29 is 68.1 Å². The number of rotatable bonds is 46. The van der Waals surface area contributed by atoms with Crippen LogP contribution in [-0.4, -0.2) is 167 Å². The normalized spacial score (nSPS) is 12.1. The molecular formula is C41H80N6O14. The van der Waals surface area contributed by atoms with Crippen LogP contribution in [0.15, 0.2) is 0 Å². The Kier molecular flexibility index (Phi) is 40.7. The molecular weight excluding hydrogens is 800 g/mol. The van der Waals surface area contributed by atoms with Crippen LogP contribution in [-0.2, 0) is 66.7 Å². The summed E-state index contributed by atoms with van der Waals surface area (Å²) >= 11 is 0. The molecule has 0 fully saturated rings. The molecule has 0 bridgehead atoms. The molecule has 0 aliphatic rings. The van der Waals surface area contributed by atoms with Crippen molar-refractivity contribution >= 4 is 35.4 Å². The van der Waals surface area contributed by atoms with Crippen molar-refractivity contribution in [3.8, 4) is 0 Å². The molecule has 0 heterocycles. The van der Waals surface area contributed by atoms with Gasteiger partial charge in [-0.05, 0) is 32.1 Å². The fourth-order valence-corrected chi connectivity index (χ4v) is 5.03. The number of carbonyl (C=O) groups is 6. The molecule has 20 nitrogen and oxygen atoms in total. The maximum absolute atomic E-state index is 12.0. The first-order chi connectivity index (χ1) is 29.5. The Balaban J connectivity index is 0. The van der Waals surface area contributed by atoms with Gasteiger partial charge in [0.15, 0.2) is 0 Å². The van der Waals surface area contributed by atoms with Crippen molar-refractivity contribution in [3.63, 3.8) is 0 Å². The fourth-order valence-electron chi connectivity index (χ4n) is 5.03. The summed E-state index contributed by atoms with van der Waals surface area (Å²) in [4.78, 5) is 69.6. The largest absolute Gasteiger partial charge is 0.379 e. The average molecular weight is 881 g/mol. The summed E-state index contributed by atoms with van der Waals surface area (Å²) in [6.45, 7) is 11.5. The van der Waals surface area contributed by atoms with Crippen molar-refractivity contribution in [2.24, 2.45) is 23.3 Å². The molecule has 0 aliphatic heterocycles. The number of amides is 6. The second-order valence-electron chi connectivity index (χ2n) is 14.3.